The number of fused-ring (bicyclic) bond motifs is 1. The summed E-state index contributed by atoms with van der Waals surface area (Å²) in [4.78, 5) is 16.1. The molecule has 110 valence electrons. The van der Waals surface area contributed by atoms with Gasteiger partial charge in [-0.15, -0.1) is 0 Å². The van der Waals surface area contributed by atoms with Crippen molar-refractivity contribution >= 4 is 38.3 Å². The molecule has 0 atom stereocenters. The summed E-state index contributed by atoms with van der Waals surface area (Å²) in [7, 11) is 0. The van der Waals surface area contributed by atoms with Gasteiger partial charge >= 0.3 is 0 Å². The lowest BCUT2D eigenvalue weighted by atomic mass is 10.1. The van der Waals surface area contributed by atoms with Gasteiger partial charge in [-0.05, 0) is 36.4 Å². The second kappa shape index (κ2) is 6.58. The number of amides is 1. The van der Waals surface area contributed by atoms with Gasteiger partial charge < -0.3 is 10.1 Å². The maximum atomic E-state index is 12.0. The molecule has 0 fully saturated rings. The predicted molar refractivity (Wildman–Crippen MR) is 90.0 cm³/mol. The molecule has 4 nitrogen and oxygen atoms in total. The number of hydrogen-bond acceptors (Lipinski definition) is 3. The second-order valence-electron chi connectivity index (χ2n) is 4.69. The lowest BCUT2D eigenvalue weighted by molar-refractivity contribution is -0.118. The molecule has 3 aromatic rings. The number of ether oxygens (including phenoxy) is 1. The van der Waals surface area contributed by atoms with E-state index in [1.54, 1.807) is 24.5 Å². The lowest BCUT2D eigenvalue weighted by Gasteiger charge is -2.09. The summed E-state index contributed by atoms with van der Waals surface area (Å²) in [5.41, 5.74) is 0.754. The summed E-state index contributed by atoms with van der Waals surface area (Å²) in [6, 6.07) is 14.9. The van der Waals surface area contributed by atoms with Crippen LogP contribution in [0.2, 0.25) is 0 Å². The number of nitrogens with zero attached hydrogens (tertiary/aromatic N) is 1. The predicted octanol–water partition coefficient (Wildman–Crippen LogP) is 4.01. The summed E-state index contributed by atoms with van der Waals surface area (Å²) in [6.45, 7) is -0.0386. The van der Waals surface area contributed by atoms with Gasteiger partial charge in [-0.1, -0.05) is 28.1 Å². The van der Waals surface area contributed by atoms with Gasteiger partial charge in [0.15, 0.2) is 6.61 Å². The molecule has 1 amide bonds. The third-order valence-corrected chi connectivity index (χ3v) is 3.67. The minimum atomic E-state index is -0.202. The van der Waals surface area contributed by atoms with Crippen LogP contribution in [-0.4, -0.2) is 17.5 Å². The van der Waals surface area contributed by atoms with Crippen molar-refractivity contribution in [1.29, 1.82) is 0 Å². The third kappa shape index (κ3) is 3.43. The third-order valence-electron chi connectivity index (χ3n) is 3.14. The maximum absolute atomic E-state index is 12.0. The molecule has 3 rings (SSSR count). The quantitative estimate of drug-likeness (QED) is 0.768. The Bertz CT molecular complexity index is 798. The molecule has 22 heavy (non-hydrogen) atoms. The highest BCUT2D eigenvalue weighted by molar-refractivity contribution is 9.10. The molecule has 0 unspecified atom stereocenters. The number of pyridine rings is 1. The first-order valence-corrected chi connectivity index (χ1v) is 7.52. The molecular formula is C17H13BrN2O2. The Morgan fingerprint density at radius 1 is 1.14 bits per heavy atom. The molecule has 2 aromatic carbocycles. The number of rotatable bonds is 4. The van der Waals surface area contributed by atoms with E-state index in [1.165, 1.54) is 0 Å². The number of halogens is 1. The van der Waals surface area contributed by atoms with Crippen LogP contribution in [0.3, 0.4) is 0 Å². The fraction of sp³-hybridized carbons (Fsp3) is 0.0588. The standard InChI is InChI=1S/C17H13BrN2O2/c18-13-4-6-14(7-5-13)22-11-17(21)20-16-3-1-2-12-10-19-9-8-15(12)16/h1-10H,11H2,(H,20,21). The highest BCUT2D eigenvalue weighted by atomic mass is 79.9. The van der Waals surface area contributed by atoms with Gasteiger partial charge in [-0.25, -0.2) is 0 Å². The van der Waals surface area contributed by atoms with Crippen molar-refractivity contribution in [1.82, 2.24) is 4.98 Å². The van der Waals surface area contributed by atoms with Crippen LogP contribution in [-0.2, 0) is 4.79 Å². The zero-order valence-corrected chi connectivity index (χ0v) is 13.2. The Balaban J connectivity index is 1.67. The lowest BCUT2D eigenvalue weighted by Crippen LogP contribution is -2.20. The Morgan fingerprint density at radius 3 is 2.77 bits per heavy atom. The Labute approximate surface area is 136 Å². The van der Waals surface area contributed by atoms with Crippen LogP contribution in [0.25, 0.3) is 10.8 Å². The van der Waals surface area contributed by atoms with Crippen LogP contribution in [0.1, 0.15) is 0 Å². The average molecular weight is 357 g/mol. The molecule has 0 spiro atoms. The van der Waals surface area contributed by atoms with Crippen molar-refractivity contribution in [3.05, 3.63) is 65.4 Å². The molecule has 0 aliphatic carbocycles. The summed E-state index contributed by atoms with van der Waals surface area (Å²) >= 11 is 3.35. The molecule has 0 radical (unpaired) electrons. The summed E-state index contributed by atoms with van der Waals surface area (Å²) in [5, 5.41) is 4.80. The zero-order valence-electron chi connectivity index (χ0n) is 11.6. The van der Waals surface area contributed by atoms with Gasteiger partial charge in [0.1, 0.15) is 5.75 Å². The van der Waals surface area contributed by atoms with Crippen molar-refractivity contribution in [2.24, 2.45) is 0 Å². The monoisotopic (exact) mass is 356 g/mol. The van der Waals surface area contributed by atoms with Gasteiger partial charge in [0.25, 0.3) is 5.91 Å². The fourth-order valence-corrected chi connectivity index (χ4v) is 2.36. The fourth-order valence-electron chi connectivity index (χ4n) is 2.10. The van der Waals surface area contributed by atoms with Crippen LogP contribution in [0.4, 0.5) is 5.69 Å². The molecule has 1 N–H and O–H groups in total. The topological polar surface area (TPSA) is 51.2 Å². The molecular weight excluding hydrogens is 344 g/mol. The van der Waals surface area contributed by atoms with E-state index >= 15 is 0 Å². The van der Waals surface area contributed by atoms with Crippen LogP contribution in [0.15, 0.2) is 65.4 Å². The number of hydrogen-bond donors (Lipinski definition) is 1. The molecule has 0 aliphatic rings. The highest BCUT2D eigenvalue weighted by Crippen LogP contribution is 2.22. The minimum absolute atomic E-state index is 0.0386. The normalized spacial score (nSPS) is 10.4. The number of anilines is 1. The van der Waals surface area contributed by atoms with E-state index in [0.29, 0.717) is 5.75 Å². The van der Waals surface area contributed by atoms with Crippen molar-refractivity contribution in [2.45, 2.75) is 0 Å². The van der Waals surface area contributed by atoms with E-state index in [1.807, 2.05) is 36.4 Å². The van der Waals surface area contributed by atoms with Crippen molar-refractivity contribution in [2.75, 3.05) is 11.9 Å². The van der Waals surface area contributed by atoms with Gasteiger partial charge in [0, 0.05) is 33.3 Å². The first kappa shape index (κ1) is 14.5. The number of benzene rings is 2. The maximum Gasteiger partial charge on any atom is 0.262 e. The highest BCUT2D eigenvalue weighted by Gasteiger charge is 2.06. The van der Waals surface area contributed by atoms with E-state index in [-0.39, 0.29) is 12.5 Å². The van der Waals surface area contributed by atoms with Gasteiger partial charge in [0.2, 0.25) is 0 Å². The number of aromatic nitrogens is 1. The molecule has 1 aromatic heterocycles. The molecule has 0 saturated heterocycles. The number of nitrogens with one attached hydrogen (secondary N) is 1. The summed E-state index contributed by atoms with van der Waals surface area (Å²) in [6.07, 6.45) is 3.47. The van der Waals surface area contributed by atoms with Crippen molar-refractivity contribution in [3.63, 3.8) is 0 Å². The van der Waals surface area contributed by atoms with Gasteiger partial charge in [0.05, 0.1) is 0 Å². The second-order valence-corrected chi connectivity index (χ2v) is 5.61. The van der Waals surface area contributed by atoms with Crippen LogP contribution >= 0.6 is 15.9 Å². The van der Waals surface area contributed by atoms with Crippen LogP contribution in [0.5, 0.6) is 5.75 Å². The van der Waals surface area contributed by atoms with Crippen molar-refractivity contribution in [3.8, 4) is 5.75 Å². The van der Waals surface area contributed by atoms with E-state index in [9.17, 15) is 4.79 Å². The molecule has 5 heteroatoms. The largest absolute Gasteiger partial charge is 0.484 e. The van der Waals surface area contributed by atoms with E-state index in [2.05, 4.69) is 26.2 Å². The Morgan fingerprint density at radius 2 is 1.95 bits per heavy atom. The van der Waals surface area contributed by atoms with Crippen molar-refractivity contribution < 1.29 is 9.53 Å². The zero-order chi connectivity index (χ0) is 15.4. The van der Waals surface area contributed by atoms with Crippen LogP contribution < -0.4 is 10.1 Å². The van der Waals surface area contributed by atoms with Gasteiger partial charge in [-0.3, -0.25) is 9.78 Å². The Kier molecular flexibility index (Phi) is 4.34. The first-order chi connectivity index (χ1) is 10.7. The molecule has 0 saturated carbocycles. The van der Waals surface area contributed by atoms with Gasteiger partial charge in [-0.2, -0.15) is 0 Å². The average Bonchev–Trinajstić information content (AvgIpc) is 2.55. The Hall–Kier alpha value is -2.40. The first-order valence-electron chi connectivity index (χ1n) is 6.73. The number of carbonyl (C=O) groups is 1. The van der Waals surface area contributed by atoms with E-state index in [4.69, 9.17) is 4.74 Å². The number of carbonyl (C=O) groups excluding carboxylic acids is 1. The van der Waals surface area contributed by atoms with Crippen LogP contribution in [0, 0.1) is 0 Å². The molecule has 0 aliphatic heterocycles. The van der Waals surface area contributed by atoms with E-state index < -0.39 is 0 Å². The summed E-state index contributed by atoms with van der Waals surface area (Å²) in [5.74, 6) is 0.452. The SMILES string of the molecule is O=C(COc1ccc(Br)cc1)Nc1cccc2cnccc12. The van der Waals surface area contributed by atoms with E-state index in [0.717, 1.165) is 20.9 Å². The molecule has 1 heterocycles. The smallest absolute Gasteiger partial charge is 0.262 e. The summed E-state index contributed by atoms with van der Waals surface area (Å²) < 4.78 is 6.43. The molecule has 0 bridgehead atoms. The minimum Gasteiger partial charge on any atom is -0.484 e.